The molecule has 0 saturated carbocycles. The molecule has 0 fully saturated rings. The van der Waals surface area contributed by atoms with Crippen LogP contribution in [0, 0.1) is 0 Å². The number of allylic oxidation sites excluding steroid dienone is 1. The van der Waals surface area contributed by atoms with Gasteiger partial charge < -0.3 is 14.8 Å². The molecule has 0 unspecified atom stereocenters. The van der Waals surface area contributed by atoms with E-state index in [1.54, 1.807) is 30.5 Å². The molecule has 0 aromatic heterocycles. The molecule has 0 saturated heterocycles. The molecule has 40 heavy (non-hydrogen) atoms. The highest BCUT2D eigenvalue weighted by molar-refractivity contribution is 9.10. The Morgan fingerprint density at radius 2 is 1.75 bits per heavy atom. The fourth-order valence-electron chi connectivity index (χ4n) is 3.67. The molecular formula is C30H30BrCl2N3O4. The number of ether oxygens (including phenoxy) is 2. The Hall–Kier alpha value is -3.33. The van der Waals surface area contributed by atoms with Gasteiger partial charge in [0.15, 0.2) is 11.5 Å². The molecule has 10 heteroatoms. The minimum absolute atomic E-state index is 0.140. The first-order chi connectivity index (χ1) is 19.3. The molecule has 3 aromatic carbocycles. The molecule has 2 amide bonds. The van der Waals surface area contributed by atoms with Crippen molar-refractivity contribution >= 4 is 62.8 Å². The van der Waals surface area contributed by atoms with Crippen LogP contribution in [0.15, 0.2) is 76.8 Å². The summed E-state index contributed by atoms with van der Waals surface area (Å²) in [7, 11) is 0. The van der Waals surface area contributed by atoms with Gasteiger partial charge in [0.1, 0.15) is 6.61 Å². The van der Waals surface area contributed by atoms with Crippen molar-refractivity contribution in [3.8, 4) is 11.5 Å². The van der Waals surface area contributed by atoms with Crippen LogP contribution < -0.4 is 20.2 Å². The molecule has 2 N–H and O–H groups in total. The zero-order chi connectivity index (χ0) is 28.9. The van der Waals surface area contributed by atoms with Crippen molar-refractivity contribution in [3.05, 3.63) is 98.5 Å². The molecule has 0 aliphatic rings. The number of nitrogens with one attached hydrogen (secondary N) is 2. The summed E-state index contributed by atoms with van der Waals surface area (Å²) in [5, 5.41) is 7.57. The van der Waals surface area contributed by atoms with Crippen molar-refractivity contribution in [1.82, 2.24) is 5.43 Å². The van der Waals surface area contributed by atoms with Crippen molar-refractivity contribution in [2.75, 3.05) is 11.9 Å². The number of rotatable bonds is 14. The second kappa shape index (κ2) is 16.1. The Balaban J connectivity index is 1.56. The van der Waals surface area contributed by atoms with E-state index in [4.69, 9.17) is 32.7 Å². The smallest absolute Gasteiger partial charge is 0.240 e. The lowest BCUT2D eigenvalue weighted by atomic mass is 10.1. The van der Waals surface area contributed by atoms with Crippen molar-refractivity contribution in [2.45, 2.75) is 39.2 Å². The minimum atomic E-state index is -0.301. The number of hydrogen-bond acceptors (Lipinski definition) is 5. The van der Waals surface area contributed by atoms with Gasteiger partial charge >= 0.3 is 0 Å². The minimum Gasteiger partial charge on any atom is -0.490 e. The lowest BCUT2D eigenvalue weighted by molar-refractivity contribution is -0.121. The van der Waals surface area contributed by atoms with Gasteiger partial charge in [-0.3, -0.25) is 9.59 Å². The average Bonchev–Trinajstić information content (AvgIpc) is 2.91. The summed E-state index contributed by atoms with van der Waals surface area (Å²) in [6, 6.07) is 16.5. The number of anilines is 1. The quantitative estimate of drug-likeness (QED) is 0.107. The van der Waals surface area contributed by atoms with E-state index >= 15 is 0 Å². The molecule has 210 valence electrons. The normalized spacial score (nSPS) is 10.8. The van der Waals surface area contributed by atoms with Gasteiger partial charge in [0, 0.05) is 28.6 Å². The molecule has 7 nitrogen and oxygen atoms in total. The molecule has 0 bridgehead atoms. The number of hydrazone groups is 1. The highest BCUT2D eigenvalue weighted by Crippen LogP contribution is 2.34. The van der Waals surface area contributed by atoms with E-state index in [9.17, 15) is 9.59 Å². The topological polar surface area (TPSA) is 89.0 Å². The zero-order valence-corrected chi connectivity index (χ0v) is 25.1. The number of carbonyl (C=O) groups excluding carboxylic acids is 2. The first kappa shape index (κ1) is 31.2. The summed E-state index contributed by atoms with van der Waals surface area (Å²) in [4.78, 5) is 24.4. The Kier molecular flexibility index (Phi) is 12.5. The Morgan fingerprint density at radius 3 is 2.45 bits per heavy atom. The fraction of sp³-hybridized carbons (Fsp3) is 0.233. The van der Waals surface area contributed by atoms with Gasteiger partial charge in [0.05, 0.1) is 22.9 Å². The van der Waals surface area contributed by atoms with Gasteiger partial charge in [-0.15, -0.1) is 6.58 Å². The number of hydrogen-bond donors (Lipinski definition) is 2. The molecule has 0 aliphatic carbocycles. The molecule has 0 radical (unpaired) electrons. The van der Waals surface area contributed by atoms with Gasteiger partial charge in [0.25, 0.3) is 0 Å². The molecule has 0 atom stereocenters. The maximum Gasteiger partial charge on any atom is 0.240 e. The lowest BCUT2D eigenvalue weighted by Gasteiger charge is -2.17. The van der Waals surface area contributed by atoms with Crippen LogP contribution in [0.25, 0.3) is 0 Å². The third-order valence-corrected chi connectivity index (χ3v) is 6.80. The number of carbonyl (C=O) groups is 2. The summed E-state index contributed by atoms with van der Waals surface area (Å²) < 4.78 is 13.0. The molecule has 0 heterocycles. The highest BCUT2D eigenvalue weighted by Gasteiger charge is 2.14. The summed E-state index contributed by atoms with van der Waals surface area (Å²) in [5.41, 5.74) is 5.69. The summed E-state index contributed by atoms with van der Waals surface area (Å²) in [5.74, 6) is 0.699. The number of nitrogens with zero attached hydrogens (tertiary/aromatic N) is 1. The zero-order valence-electron chi connectivity index (χ0n) is 22.0. The van der Waals surface area contributed by atoms with E-state index in [0.29, 0.717) is 53.3 Å². The van der Waals surface area contributed by atoms with Crippen molar-refractivity contribution in [3.63, 3.8) is 0 Å². The van der Waals surface area contributed by atoms with Crippen LogP contribution in [0.2, 0.25) is 10.0 Å². The SMILES string of the molecule is C=CCc1cc(/C=N\NC(=O)CCCC(=O)Nc2ccc(Cl)c(Cl)c2)cc(OCC)c1OCc1ccc(Br)cc1. The highest BCUT2D eigenvalue weighted by atomic mass is 79.9. The summed E-state index contributed by atoms with van der Waals surface area (Å²) in [6.07, 6.45) is 4.56. The molecule has 3 rings (SSSR count). The second-order valence-electron chi connectivity index (χ2n) is 8.67. The van der Waals surface area contributed by atoms with Crippen LogP contribution >= 0.6 is 39.1 Å². The standard InChI is InChI=1S/C30H30BrCl2N3O4/c1-3-6-22-15-21(16-27(39-4-2)30(22)40-19-20-9-11-23(31)12-10-20)18-34-36-29(38)8-5-7-28(37)35-24-13-14-25(32)26(33)17-24/h3,9-18H,1,4-8,19H2,2H3,(H,35,37)(H,36,38)/b34-18-. The molecule has 3 aromatic rings. The molecule has 0 aliphatic heterocycles. The van der Waals surface area contributed by atoms with Crippen molar-refractivity contribution < 1.29 is 19.1 Å². The van der Waals surface area contributed by atoms with Gasteiger partial charge in [-0.05, 0) is 73.4 Å². The average molecular weight is 647 g/mol. The second-order valence-corrected chi connectivity index (χ2v) is 10.4. The Labute approximate surface area is 252 Å². The van der Waals surface area contributed by atoms with E-state index < -0.39 is 0 Å². The van der Waals surface area contributed by atoms with Crippen LogP contribution in [0.1, 0.15) is 42.9 Å². The van der Waals surface area contributed by atoms with Crippen LogP contribution in [-0.2, 0) is 22.6 Å². The van der Waals surface area contributed by atoms with Crippen molar-refractivity contribution in [1.29, 1.82) is 0 Å². The van der Waals surface area contributed by atoms with Crippen LogP contribution in [-0.4, -0.2) is 24.6 Å². The lowest BCUT2D eigenvalue weighted by Crippen LogP contribution is -2.18. The van der Waals surface area contributed by atoms with E-state index in [0.717, 1.165) is 21.2 Å². The van der Waals surface area contributed by atoms with Gasteiger partial charge in [-0.25, -0.2) is 5.43 Å². The van der Waals surface area contributed by atoms with E-state index in [1.165, 1.54) is 0 Å². The van der Waals surface area contributed by atoms with Crippen LogP contribution in [0.5, 0.6) is 11.5 Å². The molecule has 0 spiro atoms. The third-order valence-electron chi connectivity index (χ3n) is 5.53. The van der Waals surface area contributed by atoms with Crippen LogP contribution in [0.4, 0.5) is 5.69 Å². The van der Waals surface area contributed by atoms with Crippen LogP contribution in [0.3, 0.4) is 0 Å². The molecular weight excluding hydrogens is 617 g/mol. The Morgan fingerprint density at radius 1 is 1.00 bits per heavy atom. The van der Waals surface area contributed by atoms with Gasteiger partial charge in [-0.2, -0.15) is 5.10 Å². The number of amides is 2. The fourth-order valence-corrected chi connectivity index (χ4v) is 4.23. The largest absolute Gasteiger partial charge is 0.490 e. The first-order valence-electron chi connectivity index (χ1n) is 12.6. The maximum atomic E-state index is 12.2. The summed E-state index contributed by atoms with van der Waals surface area (Å²) >= 11 is 15.3. The van der Waals surface area contributed by atoms with Gasteiger partial charge in [0.2, 0.25) is 11.8 Å². The predicted molar refractivity (Wildman–Crippen MR) is 165 cm³/mol. The monoisotopic (exact) mass is 645 g/mol. The van der Waals surface area contributed by atoms with Crippen molar-refractivity contribution in [2.24, 2.45) is 5.10 Å². The Bertz CT molecular complexity index is 1360. The summed E-state index contributed by atoms with van der Waals surface area (Å²) in [6.45, 7) is 6.59. The van der Waals surface area contributed by atoms with E-state index in [-0.39, 0.29) is 24.7 Å². The van der Waals surface area contributed by atoms with E-state index in [2.05, 4.69) is 38.4 Å². The number of halogens is 3. The first-order valence-corrected chi connectivity index (χ1v) is 14.2. The van der Waals surface area contributed by atoms with Gasteiger partial charge in [-0.1, -0.05) is 57.3 Å². The van der Waals surface area contributed by atoms with E-state index in [1.807, 2.05) is 43.3 Å². The third kappa shape index (κ3) is 10.0. The number of benzene rings is 3. The maximum absolute atomic E-state index is 12.2. The predicted octanol–water partition coefficient (Wildman–Crippen LogP) is 7.72.